The summed E-state index contributed by atoms with van der Waals surface area (Å²) in [6.45, 7) is 1.11. The van der Waals surface area contributed by atoms with E-state index in [1.54, 1.807) is 0 Å². The molecule has 11 heavy (non-hydrogen) atoms. The van der Waals surface area contributed by atoms with Gasteiger partial charge in [-0.3, -0.25) is 4.68 Å². The van der Waals surface area contributed by atoms with Gasteiger partial charge in [0.05, 0.1) is 17.8 Å². The fraction of sp³-hybridized carbons (Fsp3) is 0.571. The first-order valence-electron chi connectivity index (χ1n) is 3.72. The number of nitrogens with zero attached hydrogens (tertiary/aromatic N) is 2. The summed E-state index contributed by atoms with van der Waals surface area (Å²) in [5.74, 6) is 0. The summed E-state index contributed by atoms with van der Waals surface area (Å²) < 4.78 is 2.15. The molecule has 0 aromatic carbocycles. The van der Waals surface area contributed by atoms with Gasteiger partial charge in [0.1, 0.15) is 0 Å². The molecule has 0 radical (unpaired) electrons. The second-order valence-corrected chi connectivity index (χ2v) is 3.05. The van der Waals surface area contributed by atoms with Crippen molar-refractivity contribution < 1.29 is 0 Å². The molecule has 4 heteroatoms. The van der Waals surface area contributed by atoms with E-state index >= 15 is 0 Å². The van der Waals surface area contributed by atoms with Crippen molar-refractivity contribution in [3.8, 4) is 0 Å². The van der Waals surface area contributed by atoms with Crippen LogP contribution in [0.5, 0.6) is 0 Å². The maximum atomic E-state index is 4.26. The van der Waals surface area contributed by atoms with Gasteiger partial charge in [-0.05, 0) is 12.5 Å². The van der Waals surface area contributed by atoms with Crippen LogP contribution in [0, 0.1) is 0 Å². The van der Waals surface area contributed by atoms with Crippen molar-refractivity contribution in [2.24, 2.45) is 0 Å². The molecule has 3 nitrogen and oxygen atoms in total. The maximum absolute atomic E-state index is 4.26. The summed E-state index contributed by atoms with van der Waals surface area (Å²) >= 11 is 0. The molecule has 2 unspecified atom stereocenters. The van der Waals surface area contributed by atoms with Gasteiger partial charge < -0.3 is 5.32 Å². The predicted octanol–water partition coefficient (Wildman–Crippen LogP) is 0.894. The molecule has 1 aromatic heterocycles. The summed E-state index contributed by atoms with van der Waals surface area (Å²) in [4.78, 5) is 0. The minimum absolute atomic E-state index is 0. The normalized spacial score (nSPS) is 31.6. The SMILES string of the molecule is Cl.c1cc2n(n1)C1CNC2C1. The third-order valence-corrected chi connectivity index (χ3v) is 2.51. The van der Waals surface area contributed by atoms with Crippen LogP contribution in [0.3, 0.4) is 0 Å². The van der Waals surface area contributed by atoms with Crippen molar-refractivity contribution in [1.82, 2.24) is 15.1 Å². The molecular weight excluding hydrogens is 162 g/mol. The van der Waals surface area contributed by atoms with Crippen molar-refractivity contribution in [3.05, 3.63) is 18.0 Å². The zero-order chi connectivity index (χ0) is 6.55. The molecule has 60 valence electrons. The summed E-state index contributed by atoms with van der Waals surface area (Å²) in [5.41, 5.74) is 1.37. The molecule has 3 rings (SSSR count). The lowest BCUT2D eigenvalue weighted by Crippen LogP contribution is -2.23. The second-order valence-electron chi connectivity index (χ2n) is 3.05. The highest BCUT2D eigenvalue weighted by Crippen LogP contribution is 2.37. The van der Waals surface area contributed by atoms with Crippen LogP contribution in [-0.2, 0) is 0 Å². The van der Waals surface area contributed by atoms with E-state index in [-0.39, 0.29) is 12.4 Å². The van der Waals surface area contributed by atoms with Crippen LogP contribution >= 0.6 is 12.4 Å². The van der Waals surface area contributed by atoms with Gasteiger partial charge in [0.25, 0.3) is 0 Å². The maximum Gasteiger partial charge on any atom is 0.0666 e. The average molecular weight is 172 g/mol. The largest absolute Gasteiger partial charge is 0.306 e. The van der Waals surface area contributed by atoms with E-state index in [4.69, 9.17) is 0 Å². The van der Waals surface area contributed by atoms with E-state index in [1.165, 1.54) is 12.1 Å². The van der Waals surface area contributed by atoms with Crippen LogP contribution < -0.4 is 5.32 Å². The predicted molar refractivity (Wildman–Crippen MR) is 43.9 cm³/mol. The Hall–Kier alpha value is -0.540. The van der Waals surface area contributed by atoms with Crippen LogP contribution in [0.25, 0.3) is 0 Å². The highest BCUT2D eigenvalue weighted by Gasteiger charge is 2.36. The van der Waals surface area contributed by atoms with E-state index in [1.807, 2.05) is 6.20 Å². The quantitative estimate of drug-likeness (QED) is 0.629. The van der Waals surface area contributed by atoms with Crippen LogP contribution in [0.4, 0.5) is 0 Å². The van der Waals surface area contributed by atoms with Gasteiger partial charge in [-0.1, -0.05) is 0 Å². The van der Waals surface area contributed by atoms with E-state index < -0.39 is 0 Å². The molecule has 0 amide bonds. The van der Waals surface area contributed by atoms with Crippen molar-refractivity contribution in [2.75, 3.05) is 6.54 Å². The van der Waals surface area contributed by atoms with Crippen molar-refractivity contribution in [2.45, 2.75) is 18.5 Å². The lowest BCUT2D eigenvalue weighted by molar-refractivity contribution is 0.487. The number of hydrogen-bond acceptors (Lipinski definition) is 2. The van der Waals surface area contributed by atoms with E-state index in [9.17, 15) is 0 Å². The molecule has 0 spiro atoms. The molecule has 1 aromatic rings. The average Bonchev–Trinajstić information content (AvgIpc) is 2.60. The number of aromatic nitrogens is 2. The fourth-order valence-corrected chi connectivity index (χ4v) is 2.03. The Kier molecular flexibility index (Phi) is 1.44. The lowest BCUT2D eigenvalue weighted by Gasteiger charge is -2.13. The Morgan fingerprint density at radius 2 is 2.55 bits per heavy atom. The Morgan fingerprint density at radius 1 is 1.64 bits per heavy atom. The fourth-order valence-electron chi connectivity index (χ4n) is 2.03. The molecule has 1 N–H and O–H groups in total. The van der Waals surface area contributed by atoms with Gasteiger partial charge in [0, 0.05) is 12.7 Å². The van der Waals surface area contributed by atoms with Crippen molar-refractivity contribution in [1.29, 1.82) is 0 Å². The molecule has 1 fully saturated rings. The molecule has 2 atom stereocenters. The number of fused-ring (bicyclic) bond motifs is 5. The third-order valence-electron chi connectivity index (χ3n) is 2.51. The molecule has 1 saturated heterocycles. The van der Waals surface area contributed by atoms with Gasteiger partial charge >= 0.3 is 0 Å². The number of rotatable bonds is 0. The number of hydrogen-bond donors (Lipinski definition) is 1. The molecule has 2 bridgehead atoms. The van der Waals surface area contributed by atoms with Crippen LogP contribution in [0.1, 0.15) is 24.2 Å². The van der Waals surface area contributed by atoms with Gasteiger partial charge in [0.15, 0.2) is 0 Å². The monoisotopic (exact) mass is 171 g/mol. The summed E-state index contributed by atoms with van der Waals surface area (Å²) in [6, 6.07) is 3.36. The van der Waals surface area contributed by atoms with E-state index in [2.05, 4.69) is 21.2 Å². The highest BCUT2D eigenvalue weighted by atomic mass is 35.5. The second kappa shape index (κ2) is 2.22. The minimum atomic E-state index is 0. The zero-order valence-corrected chi connectivity index (χ0v) is 6.84. The van der Waals surface area contributed by atoms with E-state index in [0.717, 1.165) is 6.54 Å². The van der Waals surface area contributed by atoms with Crippen LogP contribution in [0.2, 0.25) is 0 Å². The van der Waals surface area contributed by atoms with Crippen molar-refractivity contribution >= 4 is 12.4 Å². The third kappa shape index (κ3) is 0.752. The number of nitrogens with one attached hydrogen (secondary N) is 1. The summed E-state index contributed by atoms with van der Waals surface area (Å²) in [5, 5.41) is 7.69. The van der Waals surface area contributed by atoms with Gasteiger partial charge in [-0.15, -0.1) is 12.4 Å². The Morgan fingerprint density at radius 3 is 3.36 bits per heavy atom. The van der Waals surface area contributed by atoms with Gasteiger partial charge in [-0.25, -0.2) is 0 Å². The lowest BCUT2D eigenvalue weighted by atomic mass is 10.2. The zero-order valence-electron chi connectivity index (χ0n) is 6.03. The topological polar surface area (TPSA) is 29.9 Å². The first-order chi connectivity index (χ1) is 4.95. The standard InChI is InChI=1S/C7H9N3.ClH/c1-2-9-10-5-3-6(7(1)10)8-4-5;/h1-2,5-6,8H,3-4H2;1H. The first-order valence-corrected chi connectivity index (χ1v) is 3.72. The highest BCUT2D eigenvalue weighted by molar-refractivity contribution is 5.85. The molecule has 2 aliphatic rings. The summed E-state index contributed by atoms with van der Waals surface area (Å²) in [7, 11) is 0. The number of halogens is 1. The molecule has 3 heterocycles. The molecular formula is C7H10ClN3. The Bertz CT molecular complexity index is 246. The van der Waals surface area contributed by atoms with Crippen LogP contribution in [0.15, 0.2) is 12.3 Å². The molecule has 2 aliphatic heterocycles. The Balaban J connectivity index is 0.000000480. The first kappa shape index (κ1) is 7.13. The Labute approximate surface area is 71.2 Å². The van der Waals surface area contributed by atoms with Gasteiger partial charge in [-0.2, -0.15) is 5.10 Å². The van der Waals surface area contributed by atoms with Crippen molar-refractivity contribution in [3.63, 3.8) is 0 Å². The molecule has 0 saturated carbocycles. The minimum Gasteiger partial charge on any atom is -0.306 e. The molecule has 0 aliphatic carbocycles. The van der Waals surface area contributed by atoms with Gasteiger partial charge in [0.2, 0.25) is 0 Å². The smallest absolute Gasteiger partial charge is 0.0666 e. The summed E-state index contributed by atoms with van der Waals surface area (Å²) in [6.07, 6.45) is 3.14. The van der Waals surface area contributed by atoms with Crippen LogP contribution in [-0.4, -0.2) is 16.3 Å². The van der Waals surface area contributed by atoms with E-state index in [0.29, 0.717) is 12.1 Å².